The zero-order valence-electron chi connectivity index (χ0n) is 11.2. The summed E-state index contributed by atoms with van der Waals surface area (Å²) in [4.78, 5) is 4.81. The first-order valence-corrected chi connectivity index (χ1v) is 8.90. The Morgan fingerprint density at radius 2 is 2.05 bits per heavy atom. The van der Waals surface area contributed by atoms with Crippen LogP contribution in [0.2, 0.25) is 0 Å². The summed E-state index contributed by atoms with van der Waals surface area (Å²) in [6, 6.07) is 7.33. The normalized spacial score (nSPS) is 11.6. The third kappa shape index (κ3) is 5.74. The monoisotopic (exact) mass is 328 g/mol. The summed E-state index contributed by atoms with van der Waals surface area (Å²) in [5.41, 5.74) is 6.28. The first-order chi connectivity index (χ1) is 10.1. The molecule has 0 saturated heterocycles. The summed E-state index contributed by atoms with van der Waals surface area (Å²) in [6.07, 6.45) is 1.62. The Morgan fingerprint density at radius 3 is 2.71 bits per heavy atom. The summed E-state index contributed by atoms with van der Waals surface area (Å²) in [7, 11) is -3.29. The Balaban J connectivity index is 1.69. The molecule has 0 aliphatic rings. The van der Waals surface area contributed by atoms with E-state index in [-0.39, 0.29) is 12.3 Å². The summed E-state index contributed by atoms with van der Waals surface area (Å²) in [5.74, 6) is 1.00. The molecule has 3 N–H and O–H groups in total. The average molecular weight is 328 g/mol. The van der Waals surface area contributed by atoms with Crippen molar-refractivity contribution in [3.8, 4) is 0 Å². The second-order valence-electron chi connectivity index (χ2n) is 4.23. The van der Waals surface area contributed by atoms with Gasteiger partial charge < -0.3 is 10.3 Å². The highest BCUT2D eigenvalue weighted by Gasteiger charge is 2.10. The van der Waals surface area contributed by atoms with Gasteiger partial charge in [-0.1, -0.05) is 5.16 Å². The van der Waals surface area contributed by atoms with Crippen molar-refractivity contribution in [1.82, 2.24) is 14.9 Å². The van der Waals surface area contributed by atoms with Gasteiger partial charge in [0, 0.05) is 29.3 Å². The molecule has 0 atom stereocenters. The Labute approximate surface area is 127 Å². The maximum Gasteiger partial charge on any atom is 0.213 e. The molecule has 0 amide bonds. The molecule has 0 spiro atoms. The van der Waals surface area contributed by atoms with Gasteiger partial charge in [-0.2, -0.15) is 4.98 Å². The van der Waals surface area contributed by atoms with Crippen LogP contribution in [0.15, 0.2) is 40.1 Å². The van der Waals surface area contributed by atoms with Crippen molar-refractivity contribution in [3.05, 3.63) is 36.5 Å². The Bertz CT molecular complexity index is 642. The number of nitrogens with zero attached hydrogens (tertiary/aromatic N) is 2. The molecule has 1 heterocycles. The lowest BCUT2D eigenvalue weighted by Gasteiger charge is -2.05. The number of hydrogen-bond donors (Lipinski definition) is 2. The van der Waals surface area contributed by atoms with E-state index < -0.39 is 10.0 Å². The molecule has 9 heteroatoms. The minimum atomic E-state index is -3.29. The number of hydrogen-bond acceptors (Lipinski definition) is 7. The molecule has 7 nitrogen and oxygen atoms in total. The van der Waals surface area contributed by atoms with Gasteiger partial charge in [0.25, 0.3) is 0 Å². The van der Waals surface area contributed by atoms with Crippen LogP contribution in [0.4, 0.5) is 5.69 Å². The predicted molar refractivity (Wildman–Crippen MR) is 81.4 cm³/mol. The number of aromatic nitrogens is 2. The molecule has 2 rings (SSSR count). The standard InChI is InChI=1S/C12H16N4O3S2/c13-10-1-3-11(4-2-10)20-7-8-21(17,18)15-6-5-12-14-9-19-16-12/h1-4,9,15H,5-8,13H2. The minimum absolute atomic E-state index is 0.0499. The smallest absolute Gasteiger partial charge is 0.213 e. The zero-order chi connectivity index (χ0) is 15.1. The largest absolute Gasteiger partial charge is 0.399 e. The zero-order valence-corrected chi connectivity index (χ0v) is 12.9. The molecule has 0 aliphatic heterocycles. The quantitative estimate of drug-likeness (QED) is 0.547. The third-order valence-corrected chi connectivity index (χ3v) is 5.24. The van der Waals surface area contributed by atoms with Crippen LogP contribution < -0.4 is 10.5 Å². The lowest BCUT2D eigenvalue weighted by atomic mass is 10.3. The van der Waals surface area contributed by atoms with E-state index in [9.17, 15) is 8.42 Å². The van der Waals surface area contributed by atoms with Crippen LogP contribution in [-0.4, -0.2) is 36.6 Å². The molecule has 0 bridgehead atoms. The van der Waals surface area contributed by atoms with E-state index >= 15 is 0 Å². The fraction of sp³-hybridized carbons (Fsp3) is 0.333. The highest BCUT2D eigenvalue weighted by molar-refractivity contribution is 8.00. The molecule has 0 radical (unpaired) electrons. The lowest BCUT2D eigenvalue weighted by molar-refractivity contribution is 0.410. The number of thioether (sulfide) groups is 1. The first-order valence-electron chi connectivity index (χ1n) is 6.26. The summed E-state index contributed by atoms with van der Waals surface area (Å²) < 4.78 is 30.7. The Hall–Kier alpha value is -1.58. The Kier molecular flexibility index (Phi) is 5.59. The number of nitrogen functional groups attached to an aromatic ring is 1. The van der Waals surface area contributed by atoms with Crippen molar-refractivity contribution in [2.75, 3.05) is 23.8 Å². The van der Waals surface area contributed by atoms with E-state index in [0.29, 0.717) is 23.7 Å². The molecule has 0 saturated carbocycles. The van der Waals surface area contributed by atoms with Crippen LogP contribution in [0.3, 0.4) is 0 Å². The van der Waals surface area contributed by atoms with Gasteiger partial charge in [0.05, 0.1) is 5.75 Å². The van der Waals surface area contributed by atoms with Crippen LogP contribution in [0.5, 0.6) is 0 Å². The summed E-state index contributed by atoms with van der Waals surface area (Å²) >= 11 is 1.47. The lowest BCUT2D eigenvalue weighted by Crippen LogP contribution is -2.29. The molecule has 0 fully saturated rings. The topological polar surface area (TPSA) is 111 Å². The van der Waals surface area contributed by atoms with E-state index in [0.717, 1.165) is 4.90 Å². The van der Waals surface area contributed by atoms with Crippen molar-refractivity contribution in [1.29, 1.82) is 0 Å². The third-order valence-electron chi connectivity index (χ3n) is 2.58. The second-order valence-corrected chi connectivity index (χ2v) is 7.32. The molecule has 1 aromatic carbocycles. The van der Waals surface area contributed by atoms with Crippen LogP contribution in [0.25, 0.3) is 0 Å². The second kappa shape index (κ2) is 7.43. The molecule has 0 aliphatic carbocycles. The molecule has 2 aromatic rings. The van der Waals surface area contributed by atoms with E-state index in [1.54, 1.807) is 12.1 Å². The van der Waals surface area contributed by atoms with Gasteiger partial charge in [-0.3, -0.25) is 0 Å². The highest BCUT2D eigenvalue weighted by Crippen LogP contribution is 2.19. The maximum absolute atomic E-state index is 11.8. The van der Waals surface area contributed by atoms with Crippen LogP contribution in [0, 0.1) is 0 Å². The van der Waals surface area contributed by atoms with Gasteiger partial charge >= 0.3 is 0 Å². The van der Waals surface area contributed by atoms with Crippen molar-refractivity contribution in [2.24, 2.45) is 0 Å². The van der Waals surface area contributed by atoms with Gasteiger partial charge in [0.2, 0.25) is 16.4 Å². The number of rotatable bonds is 8. The van der Waals surface area contributed by atoms with Crippen molar-refractivity contribution >= 4 is 27.5 Å². The highest BCUT2D eigenvalue weighted by atomic mass is 32.2. The van der Waals surface area contributed by atoms with Gasteiger partial charge in [-0.15, -0.1) is 11.8 Å². The number of nitrogens with two attached hydrogens (primary N) is 1. The van der Waals surface area contributed by atoms with E-state index in [1.807, 2.05) is 12.1 Å². The van der Waals surface area contributed by atoms with Gasteiger partial charge in [0.1, 0.15) is 0 Å². The molecular weight excluding hydrogens is 312 g/mol. The first kappa shape index (κ1) is 15.8. The van der Waals surface area contributed by atoms with Crippen molar-refractivity contribution in [3.63, 3.8) is 0 Å². The maximum atomic E-state index is 11.8. The van der Waals surface area contributed by atoms with E-state index in [2.05, 4.69) is 19.4 Å². The minimum Gasteiger partial charge on any atom is -0.399 e. The van der Waals surface area contributed by atoms with Crippen LogP contribution in [-0.2, 0) is 16.4 Å². The van der Waals surface area contributed by atoms with Gasteiger partial charge in [-0.25, -0.2) is 13.1 Å². The number of sulfonamides is 1. The molecule has 114 valence electrons. The number of nitrogens with one attached hydrogen (secondary N) is 1. The van der Waals surface area contributed by atoms with Crippen LogP contribution in [0.1, 0.15) is 5.82 Å². The van der Waals surface area contributed by atoms with E-state index in [4.69, 9.17) is 5.73 Å². The van der Waals surface area contributed by atoms with Gasteiger partial charge in [-0.05, 0) is 24.3 Å². The Morgan fingerprint density at radius 1 is 1.29 bits per heavy atom. The number of anilines is 1. The fourth-order valence-electron chi connectivity index (χ4n) is 1.53. The molecule has 0 unspecified atom stereocenters. The van der Waals surface area contributed by atoms with Crippen LogP contribution >= 0.6 is 11.8 Å². The molecular formula is C12H16N4O3S2. The predicted octanol–water partition coefficient (Wildman–Crippen LogP) is 0.906. The molecule has 1 aromatic heterocycles. The molecule has 21 heavy (non-hydrogen) atoms. The average Bonchev–Trinajstić information content (AvgIpc) is 2.94. The van der Waals surface area contributed by atoms with Crippen molar-refractivity contribution < 1.29 is 12.9 Å². The number of benzene rings is 1. The summed E-state index contributed by atoms with van der Waals surface area (Å²) in [5, 5.41) is 3.61. The summed E-state index contributed by atoms with van der Waals surface area (Å²) in [6.45, 7) is 0.258. The SMILES string of the molecule is Nc1ccc(SCCS(=O)(=O)NCCc2ncon2)cc1. The fourth-order valence-corrected chi connectivity index (χ4v) is 3.86. The van der Waals surface area contributed by atoms with Crippen molar-refractivity contribution in [2.45, 2.75) is 11.3 Å². The van der Waals surface area contributed by atoms with E-state index in [1.165, 1.54) is 18.2 Å². The van der Waals surface area contributed by atoms with Gasteiger partial charge in [0.15, 0.2) is 5.82 Å².